The minimum atomic E-state index is -0.536. The second kappa shape index (κ2) is 8.67. The Kier molecular flexibility index (Phi) is 5.85. The molecular weight excluding hydrogens is 370 g/mol. The number of carbonyl (C=O) groups is 1. The Hall–Kier alpha value is -4.19. The first-order valence-electron chi connectivity index (χ1n) is 8.73. The zero-order valence-electron chi connectivity index (χ0n) is 15.9. The van der Waals surface area contributed by atoms with Gasteiger partial charge in [-0.05, 0) is 25.0 Å². The summed E-state index contributed by atoms with van der Waals surface area (Å²) in [6.07, 6.45) is 4.62. The smallest absolute Gasteiger partial charge is 0.298 e. The molecule has 2 aromatic heterocycles. The van der Waals surface area contributed by atoms with Gasteiger partial charge in [0.2, 0.25) is 0 Å². The third-order valence-electron chi connectivity index (χ3n) is 4.36. The van der Waals surface area contributed by atoms with Gasteiger partial charge in [-0.2, -0.15) is 10.4 Å². The molecule has 0 saturated carbocycles. The summed E-state index contributed by atoms with van der Waals surface area (Å²) in [5.74, 6) is 0.653. The Morgan fingerprint density at radius 3 is 2.83 bits per heavy atom. The van der Waals surface area contributed by atoms with Crippen molar-refractivity contribution in [3.8, 4) is 6.07 Å². The van der Waals surface area contributed by atoms with E-state index in [2.05, 4.69) is 25.5 Å². The predicted octanol–water partition coefficient (Wildman–Crippen LogP) is 2.39. The molecule has 0 aliphatic heterocycles. The highest BCUT2D eigenvalue weighted by Crippen LogP contribution is 2.31. The molecule has 3 aromatic rings. The van der Waals surface area contributed by atoms with Crippen LogP contribution in [-0.4, -0.2) is 32.7 Å². The molecule has 9 nitrogen and oxygen atoms in total. The Morgan fingerprint density at radius 1 is 1.38 bits per heavy atom. The van der Waals surface area contributed by atoms with Crippen molar-refractivity contribution in [1.82, 2.24) is 20.2 Å². The number of nitrogens with zero attached hydrogens (tertiary/aromatic N) is 4. The van der Waals surface area contributed by atoms with E-state index in [0.29, 0.717) is 17.8 Å². The average molecular weight is 389 g/mol. The van der Waals surface area contributed by atoms with Crippen LogP contribution in [0.25, 0.3) is 5.57 Å². The molecule has 0 aliphatic carbocycles. The highest BCUT2D eigenvalue weighted by Gasteiger charge is 2.23. The molecule has 2 heterocycles. The van der Waals surface area contributed by atoms with Crippen LogP contribution in [-0.2, 0) is 9.53 Å². The van der Waals surface area contributed by atoms with Crippen molar-refractivity contribution in [3.05, 3.63) is 71.0 Å². The van der Waals surface area contributed by atoms with Crippen molar-refractivity contribution in [2.45, 2.75) is 19.9 Å². The fourth-order valence-electron chi connectivity index (χ4n) is 2.99. The van der Waals surface area contributed by atoms with E-state index in [1.807, 2.05) is 37.3 Å². The molecule has 0 radical (unpaired) electrons. The summed E-state index contributed by atoms with van der Waals surface area (Å²) >= 11 is 0. The lowest BCUT2D eigenvalue weighted by atomic mass is 9.93. The first kappa shape index (κ1) is 19.6. The molecule has 146 valence electrons. The monoisotopic (exact) mass is 389 g/mol. The van der Waals surface area contributed by atoms with Crippen LogP contribution in [0.3, 0.4) is 0 Å². The Labute approximate surface area is 167 Å². The third-order valence-corrected chi connectivity index (χ3v) is 4.36. The zero-order chi connectivity index (χ0) is 20.8. The van der Waals surface area contributed by atoms with Gasteiger partial charge in [-0.3, -0.25) is 9.89 Å². The molecule has 0 bridgehead atoms. The molecular formula is C20H19N7O2. The Bertz CT molecular complexity index is 1080. The number of aromatic amines is 1. The van der Waals surface area contributed by atoms with Gasteiger partial charge in [-0.1, -0.05) is 24.3 Å². The van der Waals surface area contributed by atoms with Crippen LogP contribution < -0.4 is 11.1 Å². The van der Waals surface area contributed by atoms with E-state index in [0.717, 1.165) is 16.7 Å². The highest BCUT2D eigenvalue weighted by molar-refractivity contribution is 5.83. The van der Waals surface area contributed by atoms with E-state index in [-0.39, 0.29) is 17.2 Å². The summed E-state index contributed by atoms with van der Waals surface area (Å²) in [4.78, 5) is 19.3. The number of carbonyl (C=O) groups excluding carboxylic acids is 1. The van der Waals surface area contributed by atoms with Crippen LogP contribution in [0.5, 0.6) is 0 Å². The maximum absolute atomic E-state index is 11.3. The van der Waals surface area contributed by atoms with Gasteiger partial charge in [0.15, 0.2) is 0 Å². The summed E-state index contributed by atoms with van der Waals surface area (Å²) in [7, 11) is 0. The second-order valence-corrected chi connectivity index (χ2v) is 6.22. The van der Waals surface area contributed by atoms with Gasteiger partial charge in [-0.25, -0.2) is 9.97 Å². The summed E-state index contributed by atoms with van der Waals surface area (Å²) in [6.45, 7) is 4.12. The molecule has 9 heteroatoms. The van der Waals surface area contributed by atoms with Crippen LogP contribution >= 0.6 is 0 Å². The van der Waals surface area contributed by atoms with E-state index >= 15 is 0 Å². The summed E-state index contributed by atoms with van der Waals surface area (Å²) < 4.78 is 5.41. The highest BCUT2D eigenvalue weighted by atomic mass is 16.5. The number of nitrogen functional groups attached to an aromatic ring is 1. The van der Waals surface area contributed by atoms with Gasteiger partial charge in [-0.15, -0.1) is 0 Å². The number of nitrogens with one attached hydrogen (secondary N) is 2. The Morgan fingerprint density at radius 2 is 2.17 bits per heavy atom. The van der Waals surface area contributed by atoms with Gasteiger partial charge in [0, 0.05) is 17.3 Å². The van der Waals surface area contributed by atoms with E-state index < -0.39 is 6.04 Å². The average Bonchev–Trinajstić information content (AvgIpc) is 3.23. The first-order chi connectivity index (χ1) is 14.1. The lowest BCUT2D eigenvalue weighted by Crippen LogP contribution is -2.23. The Balaban J connectivity index is 2.15. The van der Waals surface area contributed by atoms with E-state index in [4.69, 9.17) is 10.5 Å². The number of nitrogens with two attached hydrogens (primary N) is 1. The van der Waals surface area contributed by atoms with Crippen molar-refractivity contribution >= 4 is 23.7 Å². The molecule has 1 unspecified atom stereocenters. The number of hydrogen-bond acceptors (Lipinski definition) is 8. The maximum Gasteiger partial charge on any atom is 0.298 e. The minimum absolute atomic E-state index is 0.0630. The van der Waals surface area contributed by atoms with Gasteiger partial charge in [0.1, 0.15) is 35.4 Å². The van der Waals surface area contributed by atoms with Crippen molar-refractivity contribution in [3.63, 3.8) is 0 Å². The number of rotatable bonds is 7. The topological polar surface area (TPSA) is 143 Å². The van der Waals surface area contributed by atoms with E-state index in [9.17, 15) is 10.1 Å². The molecule has 3 rings (SSSR count). The fourth-order valence-corrected chi connectivity index (χ4v) is 2.99. The minimum Gasteiger partial charge on any atom is -0.430 e. The van der Waals surface area contributed by atoms with E-state index in [1.54, 1.807) is 19.3 Å². The summed E-state index contributed by atoms with van der Waals surface area (Å²) in [5.41, 5.74) is 9.18. The molecule has 0 fully saturated rings. The molecule has 0 spiro atoms. The predicted molar refractivity (Wildman–Crippen MR) is 107 cm³/mol. The number of hydrogen-bond donors (Lipinski definition) is 3. The number of aryl methyl sites for hydroxylation is 1. The number of aromatic nitrogens is 4. The SMILES string of the molecule is Cc1ccccc1/C(=C(\OC=O)C(C)Nc1ncnc(N)c1C#N)c1cn[nH]c1. The first-order valence-corrected chi connectivity index (χ1v) is 8.73. The largest absolute Gasteiger partial charge is 0.430 e. The maximum atomic E-state index is 11.3. The number of nitriles is 1. The standard InChI is InChI=1S/C20H19N7O2/c1-12-5-3-4-6-15(12)17(14-8-25-26-9-14)18(29-11-28)13(2)27-20-16(7-21)19(22)23-10-24-20/h3-6,8-11,13H,1-2H3,(H,25,26)(H3,22,23,24,27)/b18-17-. The van der Waals surface area contributed by atoms with Gasteiger partial charge < -0.3 is 15.8 Å². The lowest BCUT2D eigenvalue weighted by Gasteiger charge is -2.21. The number of H-pyrrole nitrogens is 1. The van der Waals surface area contributed by atoms with Crippen molar-refractivity contribution < 1.29 is 9.53 Å². The number of ether oxygens (including phenoxy) is 1. The van der Waals surface area contributed by atoms with Crippen LogP contribution in [0.1, 0.15) is 29.2 Å². The van der Waals surface area contributed by atoms with E-state index in [1.165, 1.54) is 6.33 Å². The van der Waals surface area contributed by atoms with Gasteiger partial charge in [0.25, 0.3) is 6.47 Å². The third kappa shape index (κ3) is 4.06. The van der Waals surface area contributed by atoms with Gasteiger partial charge in [0.05, 0.1) is 12.2 Å². The molecule has 0 aliphatic rings. The van der Waals surface area contributed by atoms with Crippen molar-refractivity contribution in [2.24, 2.45) is 0 Å². The number of anilines is 2. The summed E-state index contributed by atoms with van der Waals surface area (Å²) in [6, 6.07) is 9.17. The van der Waals surface area contributed by atoms with Crippen LogP contribution in [0.4, 0.5) is 11.6 Å². The number of benzene rings is 1. The van der Waals surface area contributed by atoms with Gasteiger partial charge >= 0.3 is 0 Å². The summed E-state index contributed by atoms with van der Waals surface area (Å²) in [5, 5.41) is 19.3. The van der Waals surface area contributed by atoms with Crippen LogP contribution in [0.15, 0.2) is 48.7 Å². The second-order valence-electron chi connectivity index (χ2n) is 6.22. The molecule has 0 amide bonds. The fraction of sp³-hybridized carbons (Fsp3) is 0.150. The molecule has 29 heavy (non-hydrogen) atoms. The normalized spacial score (nSPS) is 12.4. The zero-order valence-corrected chi connectivity index (χ0v) is 15.9. The van der Waals surface area contributed by atoms with Crippen LogP contribution in [0, 0.1) is 18.3 Å². The van der Waals surface area contributed by atoms with Crippen LogP contribution in [0.2, 0.25) is 0 Å². The van der Waals surface area contributed by atoms with Crippen molar-refractivity contribution in [2.75, 3.05) is 11.1 Å². The molecule has 1 aromatic carbocycles. The van der Waals surface area contributed by atoms with Crippen molar-refractivity contribution in [1.29, 1.82) is 5.26 Å². The molecule has 4 N–H and O–H groups in total. The quantitative estimate of drug-likeness (QED) is 0.413. The lowest BCUT2D eigenvalue weighted by molar-refractivity contribution is -0.125. The molecule has 1 atom stereocenters. The molecule has 0 saturated heterocycles.